The van der Waals surface area contributed by atoms with Crippen LogP contribution in [-0.4, -0.2) is 69.5 Å². The van der Waals surface area contributed by atoms with Gasteiger partial charge in [0.15, 0.2) is 11.2 Å². The van der Waals surface area contributed by atoms with Crippen molar-refractivity contribution in [3.8, 4) is 5.75 Å². The van der Waals surface area contributed by atoms with Crippen LogP contribution in [0.4, 0.5) is 5.95 Å². The van der Waals surface area contributed by atoms with Gasteiger partial charge in [-0.1, -0.05) is 11.8 Å². The number of aromatic nitrogens is 4. The molecule has 32 heavy (non-hydrogen) atoms. The number of phenols is 1. The summed E-state index contributed by atoms with van der Waals surface area (Å²) in [5, 5.41) is 29.2. The number of hydrogen-bond acceptors (Lipinski definition) is 11. The second-order valence-electron chi connectivity index (χ2n) is 6.84. The normalized spacial score (nSPS) is 26.1. The Balaban J connectivity index is 1.84. The highest BCUT2D eigenvalue weighted by Gasteiger charge is 2.57. The zero-order chi connectivity index (χ0) is 23.3. The van der Waals surface area contributed by atoms with Gasteiger partial charge in [-0.15, -0.1) is 0 Å². The molecule has 14 nitrogen and oxygen atoms in total. The fraction of sp³-hybridized carbons (Fsp3) is 0.312. The first kappa shape index (κ1) is 22.7. The van der Waals surface area contributed by atoms with Gasteiger partial charge >= 0.3 is 7.82 Å². The molecule has 1 aliphatic heterocycles. The standard InChI is InChI=1S/C16H18N5O9PS/c17-15-19-13-10(14(25)20-15)18-6-21(13)16(32-8-3-1-7(22)2-4-8)12(24)11(23)9(30-16)5-29-31(26,27)28/h1-4,6,9,11-12,22-24H,5H2,(H2,26,27,28)(H3,17,19,20,25)/t9-,11-,12-,16+/m1/s1. The number of benzene rings is 1. The third-order valence-electron chi connectivity index (χ3n) is 4.67. The molecule has 0 bridgehead atoms. The van der Waals surface area contributed by atoms with E-state index < -0.39 is 43.4 Å². The number of fused-ring (bicyclic) bond motifs is 1. The average molecular weight is 487 g/mol. The molecule has 0 spiro atoms. The minimum absolute atomic E-state index is 0.0155. The maximum Gasteiger partial charge on any atom is 0.469 e. The van der Waals surface area contributed by atoms with E-state index in [1.165, 1.54) is 28.8 Å². The van der Waals surface area contributed by atoms with Gasteiger partial charge < -0.3 is 35.6 Å². The number of aromatic amines is 1. The Kier molecular flexibility index (Phi) is 5.77. The van der Waals surface area contributed by atoms with Gasteiger partial charge in [-0.25, -0.2) is 9.55 Å². The van der Waals surface area contributed by atoms with E-state index in [4.69, 9.17) is 20.3 Å². The molecule has 172 valence electrons. The number of hydrogen-bond donors (Lipinski definition) is 7. The number of nitrogens with zero attached hydrogens (tertiary/aromatic N) is 3. The summed E-state index contributed by atoms with van der Waals surface area (Å²) < 4.78 is 22.6. The fourth-order valence-electron chi connectivity index (χ4n) is 3.25. The van der Waals surface area contributed by atoms with Crippen molar-refractivity contribution in [3.63, 3.8) is 0 Å². The van der Waals surface area contributed by atoms with Crippen molar-refractivity contribution in [1.82, 2.24) is 19.5 Å². The molecule has 3 aromatic rings. The monoisotopic (exact) mass is 487 g/mol. The number of rotatable bonds is 6. The first-order valence-electron chi connectivity index (χ1n) is 8.95. The summed E-state index contributed by atoms with van der Waals surface area (Å²) in [6, 6.07) is 5.79. The van der Waals surface area contributed by atoms with Crippen LogP contribution in [0.25, 0.3) is 11.2 Å². The largest absolute Gasteiger partial charge is 0.508 e. The van der Waals surface area contributed by atoms with Gasteiger partial charge in [0.1, 0.15) is 30.4 Å². The van der Waals surface area contributed by atoms with Crippen LogP contribution in [0.1, 0.15) is 0 Å². The molecule has 4 rings (SSSR count). The SMILES string of the molecule is Nc1nc2c(ncn2[C@]2(Sc3ccc(O)cc3)O[C@H](COP(=O)(O)O)[C@@H](O)[C@H]2O)c(=O)[nH]1. The van der Waals surface area contributed by atoms with E-state index in [0.717, 1.165) is 18.1 Å². The zero-order valence-electron chi connectivity index (χ0n) is 16.0. The fourth-order valence-corrected chi connectivity index (χ4v) is 4.86. The number of nitrogen functional groups attached to an aromatic ring is 1. The molecule has 3 heterocycles. The highest BCUT2D eigenvalue weighted by atomic mass is 32.2. The number of aromatic hydroxyl groups is 1. The van der Waals surface area contributed by atoms with E-state index in [9.17, 15) is 24.7 Å². The smallest absolute Gasteiger partial charge is 0.469 e. The number of nitrogens with two attached hydrogens (primary N) is 1. The molecule has 1 saturated heterocycles. The van der Waals surface area contributed by atoms with Crippen LogP contribution in [0.2, 0.25) is 0 Å². The van der Waals surface area contributed by atoms with Gasteiger partial charge in [0, 0.05) is 4.90 Å². The molecule has 8 N–H and O–H groups in total. The van der Waals surface area contributed by atoms with Crippen LogP contribution in [0.15, 0.2) is 40.3 Å². The maximum absolute atomic E-state index is 12.2. The molecular weight excluding hydrogens is 469 g/mol. The van der Waals surface area contributed by atoms with Crippen LogP contribution in [0.3, 0.4) is 0 Å². The number of thioether (sulfide) groups is 1. The number of phosphoric acid groups is 1. The first-order valence-corrected chi connectivity index (χ1v) is 11.3. The lowest BCUT2D eigenvalue weighted by atomic mass is 10.1. The predicted molar refractivity (Wildman–Crippen MR) is 109 cm³/mol. The molecule has 1 aliphatic rings. The Hall–Kier alpha value is -2.49. The Morgan fingerprint density at radius 1 is 1.31 bits per heavy atom. The summed E-state index contributed by atoms with van der Waals surface area (Å²) >= 11 is 0.878. The van der Waals surface area contributed by atoms with Crippen molar-refractivity contribution in [2.75, 3.05) is 12.3 Å². The number of nitrogens with one attached hydrogen (secondary N) is 1. The summed E-state index contributed by atoms with van der Waals surface area (Å²) in [5.41, 5.74) is 4.81. The summed E-state index contributed by atoms with van der Waals surface area (Å²) in [6.07, 6.45) is -3.57. The Morgan fingerprint density at radius 2 is 2.00 bits per heavy atom. The van der Waals surface area contributed by atoms with E-state index in [1.54, 1.807) is 0 Å². The molecule has 1 aromatic carbocycles. The van der Waals surface area contributed by atoms with E-state index in [1.807, 2.05) is 0 Å². The lowest BCUT2D eigenvalue weighted by Gasteiger charge is -2.32. The van der Waals surface area contributed by atoms with Crippen LogP contribution in [-0.2, 0) is 18.9 Å². The van der Waals surface area contributed by atoms with Crippen molar-refractivity contribution >= 4 is 36.7 Å². The molecular formula is C16H18N5O9PS. The Bertz CT molecular complexity index is 1240. The van der Waals surface area contributed by atoms with E-state index in [-0.39, 0.29) is 22.9 Å². The van der Waals surface area contributed by atoms with Crippen LogP contribution < -0.4 is 11.3 Å². The van der Waals surface area contributed by atoms with Crippen LogP contribution >= 0.6 is 19.6 Å². The van der Waals surface area contributed by atoms with Crippen molar-refractivity contribution in [1.29, 1.82) is 0 Å². The lowest BCUT2D eigenvalue weighted by molar-refractivity contribution is -0.0768. The van der Waals surface area contributed by atoms with E-state index >= 15 is 0 Å². The Labute approximate surface area is 182 Å². The number of imidazole rings is 1. The number of H-pyrrole nitrogens is 1. The minimum atomic E-state index is -4.89. The Morgan fingerprint density at radius 3 is 2.66 bits per heavy atom. The van der Waals surface area contributed by atoms with E-state index in [0.29, 0.717) is 4.90 Å². The van der Waals surface area contributed by atoms with Crippen molar-refractivity contribution in [2.45, 2.75) is 28.3 Å². The highest BCUT2D eigenvalue weighted by Crippen LogP contribution is 2.50. The van der Waals surface area contributed by atoms with Crippen LogP contribution in [0.5, 0.6) is 5.75 Å². The third kappa shape index (κ3) is 4.12. The topological polar surface area (TPSA) is 226 Å². The number of phosphoric ester groups is 1. The second kappa shape index (κ2) is 8.13. The van der Waals surface area contributed by atoms with Crippen molar-refractivity contribution in [3.05, 3.63) is 40.9 Å². The maximum atomic E-state index is 12.2. The molecule has 0 radical (unpaired) electrons. The first-order chi connectivity index (χ1) is 15.0. The summed E-state index contributed by atoms with van der Waals surface area (Å²) in [4.78, 5) is 41.0. The van der Waals surface area contributed by atoms with Gasteiger partial charge in [0.25, 0.3) is 5.56 Å². The molecule has 0 saturated carbocycles. The lowest BCUT2D eigenvalue weighted by Crippen LogP contribution is -2.43. The molecule has 0 amide bonds. The summed E-state index contributed by atoms with van der Waals surface area (Å²) in [7, 11) is -4.89. The van der Waals surface area contributed by atoms with Gasteiger partial charge in [-0.05, 0) is 24.3 Å². The second-order valence-corrected chi connectivity index (χ2v) is 9.34. The molecule has 0 aliphatic carbocycles. The number of aliphatic hydroxyl groups is 2. The van der Waals surface area contributed by atoms with Gasteiger partial charge in [-0.2, -0.15) is 4.98 Å². The van der Waals surface area contributed by atoms with Crippen LogP contribution in [0, 0.1) is 0 Å². The highest BCUT2D eigenvalue weighted by molar-refractivity contribution is 8.00. The molecule has 1 fully saturated rings. The minimum Gasteiger partial charge on any atom is -0.508 e. The summed E-state index contributed by atoms with van der Waals surface area (Å²) in [6.45, 7) is -0.747. The van der Waals surface area contributed by atoms with Gasteiger partial charge in [0.2, 0.25) is 11.0 Å². The predicted octanol–water partition coefficient (Wildman–Crippen LogP) is -0.960. The van der Waals surface area contributed by atoms with E-state index in [2.05, 4.69) is 19.5 Å². The van der Waals surface area contributed by atoms with Gasteiger partial charge in [0.05, 0.1) is 6.61 Å². The number of phenolic OH excluding ortho intramolecular Hbond substituents is 1. The zero-order valence-corrected chi connectivity index (χ0v) is 17.7. The van der Waals surface area contributed by atoms with Gasteiger partial charge in [-0.3, -0.25) is 18.9 Å². The quantitative estimate of drug-likeness (QED) is 0.208. The third-order valence-corrected chi connectivity index (χ3v) is 6.49. The summed E-state index contributed by atoms with van der Waals surface area (Å²) in [5.74, 6) is -0.248. The molecule has 0 unspecified atom stereocenters. The molecule has 2 aromatic heterocycles. The average Bonchev–Trinajstić information content (AvgIpc) is 3.23. The molecule has 4 atom stereocenters. The van der Waals surface area contributed by atoms with Crippen molar-refractivity contribution in [2.24, 2.45) is 0 Å². The van der Waals surface area contributed by atoms with Crippen molar-refractivity contribution < 1.29 is 38.9 Å². The number of anilines is 1. The molecule has 16 heteroatoms. The number of aliphatic hydroxyl groups excluding tert-OH is 2. The number of ether oxygens (including phenoxy) is 1.